The summed E-state index contributed by atoms with van der Waals surface area (Å²) in [6.07, 6.45) is 2.30. The molecule has 1 unspecified atom stereocenters. The van der Waals surface area contributed by atoms with E-state index in [-0.39, 0.29) is 11.5 Å². The van der Waals surface area contributed by atoms with E-state index in [1.54, 1.807) is 12.3 Å². The van der Waals surface area contributed by atoms with Gasteiger partial charge in [-0.3, -0.25) is 0 Å². The molecule has 2 aromatic rings. The van der Waals surface area contributed by atoms with Gasteiger partial charge in [0.2, 0.25) is 0 Å². The van der Waals surface area contributed by atoms with Gasteiger partial charge in [-0.1, -0.05) is 6.92 Å². The minimum absolute atomic E-state index is 0.0848. The SMILES string of the molecule is CC(CCN)c1nccc(-c2cc(F)ccc2F)n1. The first kappa shape index (κ1) is 13.5. The van der Waals surface area contributed by atoms with Gasteiger partial charge in [0, 0.05) is 17.7 Å². The molecule has 0 aliphatic rings. The van der Waals surface area contributed by atoms with Crippen molar-refractivity contribution in [1.82, 2.24) is 9.97 Å². The molecule has 1 aromatic heterocycles. The van der Waals surface area contributed by atoms with Gasteiger partial charge in [0.05, 0.1) is 5.69 Å². The molecule has 5 heteroatoms. The number of halogens is 2. The largest absolute Gasteiger partial charge is 0.330 e. The molecular formula is C14H15F2N3. The van der Waals surface area contributed by atoms with Crippen molar-refractivity contribution in [2.75, 3.05) is 6.54 Å². The highest BCUT2D eigenvalue weighted by Crippen LogP contribution is 2.23. The van der Waals surface area contributed by atoms with Crippen LogP contribution in [0.3, 0.4) is 0 Å². The van der Waals surface area contributed by atoms with Crippen LogP contribution < -0.4 is 5.73 Å². The molecule has 1 heterocycles. The molecule has 3 nitrogen and oxygen atoms in total. The fourth-order valence-electron chi connectivity index (χ4n) is 1.83. The van der Waals surface area contributed by atoms with Gasteiger partial charge < -0.3 is 5.73 Å². The zero-order valence-corrected chi connectivity index (χ0v) is 10.6. The molecule has 2 N–H and O–H groups in total. The monoisotopic (exact) mass is 263 g/mol. The second kappa shape index (κ2) is 5.84. The summed E-state index contributed by atoms with van der Waals surface area (Å²) in [7, 11) is 0. The Morgan fingerprint density at radius 1 is 1.26 bits per heavy atom. The molecule has 0 aliphatic heterocycles. The topological polar surface area (TPSA) is 51.8 Å². The highest BCUT2D eigenvalue weighted by Gasteiger charge is 2.12. The molecule has 0 saturated carbocycles. The van der Waals surface area contributed by atoms with Crippen molar-refractivity contribution < 1.29 is 8.78 Å². The third kappa shape index (κ3) is 3.12. The quantitative estimate of drug-likeness (QED) is 0.922. The number of nitrogens with zero attached hydrogens (tertiary/aromatic N) is 2. The fraction of sp³-hybridized carbons (Fsp3) is 0.286. The van der Waals surface area contributed by atoms with Crippen molar-refractivity contribution in [3.63, 3.8) is 0 Å². The molecule has 0 saturated heterocycles. The number of aromatic nitrogens is 2. The van der Waals surface area contributed by atoms with Crippen LogP contribution in [0.5, 0.6) is 0 Å². The van der Waals surface area contributed by atoms with E-state index in [1.807, 2.05) is 6.92 Å². The second-order valence-electron chi connectivity index (χ2n) is 4.40. The van der Waals surface area contributed by atoms with Crippen molar-refractivity contribution >= 4 is 0 Å². The molecule has 0 amide bonds. The lowest BCUT2D eigenvalue weighted by Gasteiger charge is -2.10. The zero-order valence-electron chi connectivity index (χ0n) is 10.6. The lowest BCUT2D eigenvalue weighted by molar-refractivity contribution is 0.601. The van der Waals surface area contributed by atoms with Crippen molar-refractivity contribution in [2.24, 2.45) is 5.73 Å². The van der Waals surface area contributed by atoms with Crippen LogP contribution in [-0.4, -0.2) is 16.5 Å². The Labute approximate surface area is 110 Å². The second-order valence-corrected chi connectivity index (χ2v) is 4.40. The molecule has 100 valence electrons. The average Bonchev–Trinajstić information content (AvgIpc) is 2.42. The summed E-state index contributed by atoms with van der Waals surface area (Å²) in [5, 5.41) is 0. The molecule has 0 spiro atoms. The summed E-state index contributed by atoms with van der Waals surface area (Å²) in [4.78, 5) is 8.44. The normalized spacial score (nSPS) is 12.4. The van der Waals surface area contributed by atoms with Gasteiger partial charge in [0.25, 0.3) is 0 Å². The Morgan fingerprint density at radius 3 is 2.79 bits per heavy atom. The zero-order chi connectivity index (χ0) is 13.8. The number of hydrogen-bond donors (Lipinski definition) is 1. The lowest BCUT2D eigenvalue weighted by atomic mass is 10.1. The third-order valence-corrected chi connectivity index (χ3v) is 2.92. The Hall–Kier alpha value is -1.88. The molecule has 0 aliphatic carbocycles. The van der Waals surface area contributed by atoms with Crippen LogP contribution in [0.15, 0.2) is 30.5 Å². The maximum atomic E-state index is 13.7. The summed E-state index contributed by atoms with van der Waals surface area (Å²) in [6, 6.07) is 4.87. The molecular weight excluding hydrogens is 248 g/mol. The minimum Gasteiger partial charge on any atom is -0.330 e. The van der Waals surface area contributed by atoms with E-state index in [1.165, 1.54) is 0 Å². The Morgan fingerprint density at radius 2 is 2.05 bits per heavy atom. The van der Waals surface area contributed by atoms with Gasteiger partial charge in [-0.2, -0.15) is 0 Å². The van der Waals surface area contributed by atoms with Crippen LogP contribution in [0, 0.1) is 11.6 Å². The van der Waals surface area contributed by atoms with E-state index in [4.69, 9.17) is 5.73 Å². The number of hydrogen-bond acceptors (Lipinski definition) is 3. The molecule has 0 bridgehead atoms. The van der Waals surface area contributed by atoms with E-state index in [2.05, 4.69) is 9.97 Å². The number of rotatable bonds is 4. The van der Waals surface area contributed by atoms with Gasteiger partial charge in [-0.05, 0) is 37.2 Å². The summed E-state index contributed by atoms with van der Waals surface area (Å²) >= 11 is 0. The fourth-order valence-corrected chi connectivity index (χ4v) is 1.83. The first-order chi connectivity index (χ1) is 9.11. The smallest absolute Gasteiger partial charge is 0.132 e. The highest BCUT2D eigenvalue weighted by atomic mass is 19.1. The van der Waals surface area contributed by atoms with Gasteiger partial charge in [-0.15, -0.1) is 0 Å². The third-order valence-electron chi connectivity index (χ3n) is 2.92. The lowest BCUT2D eigenvalue weighted by Crippen LogP contribution is -2.08. The van der Waals surface area contributed by atoms with Crippen LogP contribution >= 0.6 is 0 Å². The van der Waals surface area contributed by atoms with Crippen molar-refractivity contribution in [2.45, 2.75) is 19.3 Å². The van der Waals surface area contributed by atoms with Crippen LogP contribution in [-0.2, 0) is 0 Å². The molecule has 19 heavy (non-hydrogen) atoms. The number of benzene rings is 1. The highest BCUT2D eigenvalue weighted by molar-refractivity contribution is 5.59. The van der Waals surface area contributed by atoms with E-state index in [0.29, 0.717) is 18.1 Å². The van der Waals surface area contributed by atoms with Gasteiger partial charge in [0.1, 0.15) is 17.5 Å². The van der Waals surface area contributed by atoms with Gasteiger partial charge in [-0.25, -0.2) is 18.7 Å². The van der Waals surface area contributed by atoms with E-state index in [0.717, 1.165) is 24.6 Å². The van der Waals surface area contributed by atoms with Crippen molar-refractivity contribution in [1.29, 1.82) is 0 Å². The Kier molecular flexibility index (Phi) is 4.16. The maximum Gasteiger partial charge on any atom is 0.132 e. The maximum absolute atomic E-state index is 13.7. The van der Waals surface area contributed by atoms with E-state index < -0.39 is 11.6 Å². The van der Waals surface area contributed by atoms with E-state index in [9.17, 15) is 8.78 Å². The first-order valence-electron chi connectivity index (χ1n) is 6.10. The summed E-state index contributed by atoms with van der Waals surface area (Å²) in [5.41, 5.74) is 6.02. The van der Waals surface area contributed by atoms with Crippen LogP contribution in [0.2, 0.25) is 0 Å². The number of nitrogens with two attached hydrogens (primary N) is 1. The molecule has 0 fully saturated rings. The molecule has 1 atom stereocenters. The van der Waals surface area contributed by atoms with E-state index >= 15 is 0 Å². The standard InChI is InChI=1S/C14H15F2N3/c1-9(4-6-17)14-18-7-5-13(19-14)11-8-10(15)2-3-12(11)16/h2-3,5,7-9H,4,6,17H2,1H3. The van der Waals surface area contributed by atoms with Crippen LogP contribution in [0.25, 0.3) is 11.3 Å². The predicted octanol–water partition coefficient (Wildman–Crippen LogP) is 2.87. The average molecular weight is 263 g/mol. The molecule has 1 aromatic carbocycles. The molecule has 0 radical (unpaired) electrons. The Balaban J connectivity index is 2.40. The first-order valence-corrected chi connectivity index (χ1v) is 6.10. The van der Waals surface area contributed by atoms with Gasteiger partial charge in [0.15, 0.2) is 0 Å². The Bertz CT molecular complexity index is 572. The van der Waals surface area contributed by atoms with Crippen molar-refractivity contribution in [3.8, 4) is 11.3 Å². The van der Waals surface area contributed by atoms with Gasteiger partial charge >= 0.3 is 0 Å². The van der Waals surface area contributed by atoms with Crippen LogP contribution in [0.1, 0.15) is 25.1 Å². The van der Waals surface area contributed by atoms with Crippen LogP contribution in [0.4, 0.5) is 8.78 Å². The minimum atomic E-state index is -0.502. The summed E-state index contributed by atoms with van der Waals surface area (Å²) < 4.78 is 26.9. The predicted molar refractivity (Wildman–Crippen MR) is 69.5 cm³/mol. The summed E-state index contributed by atoms with van der Waals surface area (Å²) in [5.74, 6) is -0.322. The van der Waals surface area contributed by atoms with Crippen molar-refractivity contribution in [3.05, 3.63) is 47.9 Å². The molecule has 2 rings (SSSR count). The summed E-state index contributed by atoms with van der Waals surface area (Å²) in [6.45, 7) is 2.48.